The zero-order valence-corrected chi connectivity index (χ0v) is 11.5. The number of aromatic nitrogens is 2. The zero-order chi connectivity index (χ0) is 15.2. The Morgan fingerprint density at radius 2 is 2.05 bits per heavy atom. The topological polar surface area (TPSA) is 98.9 Å². The molecule has 0 fully saturated rings. The maximum atomic E-state index is 10.8. The molecule has 1 heterocycles. The van der Waals surface area contributed by atoms with Crippen molar-refractivity contribution in [1.29, 1.82) is 5.26 Å². The van der Waals surface area contributed by atoms with Gasteiger partial charge in [-0.3, -0.25) is 4.79 Å². The van der Waals surface area contributed by atoms with Crippen molar-refractivity contribution >= 4 is 11.9 Å². The highest BCUT2D eigenvalue weighted by molar-refractivity contribution is 5.70. The Kier molecular flexibility index (Phi) is 4.46. The lowest BCUT2D eigenvalue weighted by molar-refractivity contribution is -0.136. The van der Waals surface area contributed by atoms with Gasteiger partial charge in [0.25, 0.3) is 0 Å². The highest BCUT2D eigenvalue weighted by atomic mass is 16.4. The summed E-state index contributed by atoms with van der Waals surface area (Å²) in [5.74, 6) is -0.516. The Balaban J connectivity index is 2.15. The van der Waals surface area contributed by atoms with E-state index in [1.165, 1.54) is 0 Å². The Hall–Kier alpha value is -2.94. The summed E-state index contributed by atoms with van der Waals surface area (Å²) in [4.78, 5) is 19.1. The number of aryl methyl sites for hydroxylation is 1. The normalized spacial score (nSPS) is 9.90. The van der Waals surface area contributed by atoms with Gasteiger partial charge < -0.3 is 10.4 Å². The number of nitrogens with zero attached hydrogens (tertiary/aromatic N) is 3. The first-order valence-electron chi connectivity index (χ1n) is 6.36. The molecule has 2 N–H and O–H groups in total. The standard InChI is InChI=1S/C15H14N4O2/c1-10-6-13(8-16)19-15(18-10)17-9-12-5-3-2-4-11(12)7-14(20)21/h2-6H,7,9H2,1H3,(H,20,21)(H,17,18,19). The first-order valence-corrected chi connectivity index (χ1v) is 6.36. The minimum Gasteiger partial charge on any atom is -0.481 e. The van der Waals surface area contributed by atoms with Crippen molar-refractivity contribution in [1.82, 2.24) is 9.97 Å². The second-order valence-corrected chi connectivity index (χ2v) is 4.52. The van der Waals surface area contributed by atoms with E-state index in [2.05, 4.69) is 15.3 Å². The molecule has 0 bridgehead atoms. The van der Waals surface area contributed by atoms with Gasteiger partial charge in [-0.15, -0.1) is 0 Å². The van der Waals surface area contributed by atoms with Crippen LogP contribution in [0, 0.1) is 18.3 Å². The number of anilines is 1. The quantitative estimate of drug-likeness (QED) is 0.869. The van der Waals surface area contributed by atoms with E-state index >= 15 is 0 Å². The van der Waals surface area contributed by atoms with Gasteiger partial charge in [0.2, 0.25) is 5.95 Å². The Labute approximate surface area is 122 Å². The summed E-state index contributed by atoms with van der Waals surface area (Å²) in [6.45, 7) is 2.18. The number of benzene rings is 1. The molecule has 1 aromatic carbocycles. The molecule has 0 amide bonds. The smallest absolute Gasteiger partial charge is 0.307 e. The number of carbonyl (C=O) groups is 1. The van der Waals surface area contributed by atoms with Crippen molar-refractivity contribution < 1.29 is 9.90 Å². The van der Waals surface area contributed by atoms with Crippen LogP contribution in [0.3, 0.4) is 0 Å². The largest absolute Gasteiger partial charge is 0.481 e. The number of nitriles is 1. The minimum absolute atomic E-state index is 0.0318. The molecule has 6 nitrogen and oxygen atoms in total. The molecule has 0 unspecified atom stereocenters. The van der Waals surface area contributed by atoms with E-state index in [-0.39, 0.29) is 6.42 Å². The van der Waals surface area contributed by atoms with Gasteiger partial charge in [0.15, 0.2) is 0 Å². The highest BCUT2D eigenvalue weighted by Gasteiger charge is 2.07. The number of hydrogen-bond acceptors (Lipinski definition) is 5. The molecule has 0 saturated carbocycles. The molecule has 6 heteroatoms. The van der Waals surface area contributed by atoms with Gasteiger partial charge in [0.05, 0.1) is 6.42 Å². The monoisotopic (exact) mass is 282 g/mol. The zero-order valence-electron chi connectivity index (χ0n) is 11.5. The summed E-state index contributed by atoms with van der Waals surface area (Å²) >= 11 is 0. The maximum absolute atomic E-state index is 10.8. The second kappa shape index (κ2) is 6.48. The molecule has 1 aromatic heterocycles. The van der Waals surface area contributed by atoms with Gasteiger partial charge in [-0.25, -0.2) is 9.97 Å². The van der Waals surface area contributed by atoms with Crippen LogP contribution in [-0.2, 0) is 17.8 Å². The summed E-state index contributed by atoms with van der Waals surface area (Å²) in [6, 6.07) is 10.9. The van der Waals surface area contributed by atoms with Crippen LogP contribution in [0.4, 0.5) is 5.95 Å². The number of rotatable bonds is 5. The van der Waals surface area contributed by atoms with Crippen molar-refractivity contribution in [2.75, 3.05) is 5.32 Å². The molecule has 0 saturated heterocycles. The minimum atomic E-state index is -0.874. The van der Waals surface area contributed by atoms with Gasteiger partial charge in [-0.05, 0) is 24.1 Å². The van der Waals surface area contributed by atoms with Gasteiger partial charge in [0.1, 0.15) is 11.8 Å². The van der Waals surface area contributed by atoms with Crippen LogP contribution in [0.1, 0.15) is 22.5 Å². The van der Waals surface area contributed by atoms with Crippen LogP contribution in [0.2, 0.25) is 0 Å². The molecule has 21 heavy (non-hydrogen) atoms. The average Bonchev–Trinajstić information content (AvgIpc) is 2.45. The molecular weight excluding hydrogens is 268 g/mol. The highest BCUT2D eigenvalue weighted by Crippen LogP contribution is 2.12. The van der Waals surface area contributed by atoms with Crippen LogP contribution < -0.4 is 5.32 Å². The molecular formula is C15H14N4O2. The van der Waals surface area contributed by atoms with Crippen LogP contribution in [-0.4, -0.2) is 21.0 Å². The summed E-state index contributed by atoms with van der Waals surface area (Å²) < 4.78 is 0. The molecule has 0 aliphatic heterocycles. The third-order valence-corrected chi connectivity index (χ3v) is 2.87. The van der Waals surface area contributed by atoms with E-state index in [1.807, 2.05) is 18.2 Å². The van der Waals surface area contributed by atoms with Crippen LogP contribution in [0.5, 0.6) is 0 Å². The van der Waals surface area contributed by atoms with Crippen molar-refractivity contribution in [3.8, 4) is 6.07 Å². The van der Waals surface area contributed by atoms with Crippen LogP contribution in [0.25, 0.3) is 0 Å². The molecule has 0 spiro atoms. The molecule has 0 aliphatic rings. The Morgan fingerprint density at radius 3 is 2.71 bits per heavy atom. The summed E-state index contributed by atoms with van der Waals surface area (Å²) in [7, 11) is 0. The summed E-state index contributed by atoms with van der Waals surface area (Å²) in [5, 5.41) is 20.8. The predicted octanol–water partition coefficient (Wildman–Crippen LogP) is 1.90. The fourth-order valence-electron chi connectivity index (χ4n) is 1.94. The van der Waals surface area contributed by atoms with Gasteiger partial charge in [0, 0.05) is 12.2 Å². The van der Waals surface area contributed by atoms with Crippen molar-refractivity contribution in [2.24, 2.45) is 0 Å². The number of aliphatic carboxylic acids is 1. The summed E-state index contributed by atoms with van der Waals surface area (Å²) in [6.07, 6.45) is -0.0318. The fourth-order valence-corrected chi connectivity index (χ4v) is 1.94. The third kappa shape index (κ3) is 4.01. The average molecular weight is 282 g/mol. The molecule has 2 rings (SSSR count). The Bertz CT molecular complexity index is 707. The number of carboxylic acids is 1. The molecule has 0 atom stereocenters. The molecule has 0 radical (unpaired) electrons. The number of carboxylic acid groups (broad SMARTS) is 1. The van der Waals surface area contributed by atoms with Crippen molar-refractivity contribution in [3.63, 3.8) is 0 Å². The molecule has 2 aromatic rings. The van der Waals surface area contributed by atoms with Crippen molar-refractivity contribution in [3.05, 3.63) is 52.8 Å². The SMILES string of the molecule is Cc1cc(C#N)nc(NCc2ccccc2CC(=O)O)n1. The first kappa shape index (κ1) is 14.5. The van der Waals surface area contributed by atoms with E-state index < -0.39 is 5.97 Å². The summed E-state index contributed by atoms with van der Waals surface area (Å²) in [5.41, 5.74) is 2.60. The molecule has 106 valence electrons. The van der Waals surface area contributed by atoms with Gasteiger partial charge in [-0.2, -0.15) is 5.26 Å². The van der Waals surface area contributed by atoms with Gasteiger partial charge >= 0.3 is 5.97 Å². The number of nitrogens with one attached hydrogen (secondary N) is 1. The lowest BCUT2D eigenvalue weighted by Crippen LogP contribution is -2.09. The molecule has 0 aliphatic carbocycles. The second-order valence-electron chi connectivity index (χ2n) is 4.52. The van der Waals surface area contributed by atoms with E-state index in [0.717, 1.165) is 11.1 Å². The van der Waals surface area contributed by atoms with Crippen LogP contribution >= 0.6 is 0 Å². The van der Waals surface area contributed by atoms with E-state index in [1.54, 1.807) is 25.1 Å². The number of hydrogen-bond donors (Lipinski definition) is 2. The van der Waals surface area contributed by atoms with Crippen LogP contribution in [0.15, 0.2) is 30.3 Å². The van der Waals surface area contributed by atoms with Crippen molar-refractivity contribution in [2.45, 2.75) is 19.9 Å². The lowest BCUT2D eigenvalue weighted by Gasteiger charge is -2.09. The first-order chi connectivity index (χ1) is 10.1. The fraction of sp³-hybridized carbons (Fsp3) is 0.200. The third-order valence-electron chi connectivity index (χ3n) is 2.87. The maximum Gasteiger partial charge on any atom is 0.307 e. The van der Waals surface area contributed by atoms with Gasteiger partial charge in [-0.1, -0.05) is 24.3 Å². The van der Waals surface area contributed by atoms with E-state index in [4.69, 9.17) is 10.4 Å². The van der Waals surface area contributed by atoms with E-state index in [0.29, 0.717) is 23.9 Å². The Morgan fingerprint density at radius 1 is 1.33 bits per heavy atom. The van der Waals surface area contributed by atoms with E-state index in [9.17, 15) is 4.79 Å². The predicted molar refractivity (Wildman–Crippen MR) is 76.6 cm³/mol. The lowest BCUT2D eigenvalue weighted by atomic mass is 10.0.